The minimum absolute atomic E-state index is 0.154. The normalized spacial score (nSPS) is 25.9. The lowest BCUT2D eigenvalue weighted by Gasteiger charge is -2.50. The fourth-order valence-electron chi connectivity index (χ4n) is 8.48. The molecule has 0 spiro atoms. The average Bonchev–Trinajstić information content (AvgIpc) is 2.89. The Labute approximate surface area is 291 Å². The molecule has 4 N–H and O–H groups in total. The lowest BCUT2D eigenvalue weighted by molar-refractivity contribution is -0.259. The number of nitrogens with zero attached hydrogens (tertiary/aromatic N) is 3. The van der Waals surface area contributed by atoms with Crippen LogP contribution in [0.3, 0.4) is 0 Å². The van der Waals surface area contributed by atoms with Crippen LogP contribution in [0.25, 0.3) is 0 Å². The summed E-state index contributed by atoms with van der Waals surface area (Å²) in [5, 5.41) is 44.3. The number of rotatable bonds is 11. The number of carbonyl (C=O) groups excluding carboxylic acids is 2. The van der Waals surface area contributed by atoms with Crippen LogP contribution >= 0.6 is 0 Å². The first kappa shape index (κ1) is 42.8. The standard InChI is InChI=1S/C28H52N2O6.C9H19NO2/c1-25(2)17-21(18-26(3,4)29(25)33)35-23(31)15-13-11-9-10-12-14-16-24(32)36-22-19-27(5,6)30(34)28(7,8)20-22;1-8(2)5-7(11)6-9(3,4)10(8)12/h21-22,33-34H,9-20H2,1-8H3;7,11-12H,5-6H2,1-4H3. The quantitative estimate of drug-likeness (QED) is 0.128. The number of hydrogen-bond acceptors (Lipinski definition) is 11. The van der Waals surface area contributed by atoms with E-state index >= 15 is 0 Å². The first-order valence-corrected chi connectivity index (χ1v) is 18.3. The molecule has 0 saturated carbocycles. The highest BCUT2D eigenvalue weighted by Gasteiger charge is 2.48. The van der Waals surface area contributed by atoms with Crippen molar-refractivity contribution in [3.05, 3.63) is 0 Å². The van der Waals surface area contributed by atoms with Crippen molar-refractivity contribution in [3.8, 4) is 0 Å². The SMILES string of the molecule is CC1(C)CC(O)CC(C)(C)N1O.CC1(C)CC(OC(=O)CCCCCCCCC(=O)OC2CC(C)(C)N(O)C(C)(C)C2)CC(C)(C)N1O. The molecule has 3 rings (SSSR count). The second-order valence-corrected chi connectivity index (χ2v) is 18.5. The van der Waals surface area contributed by atoms with Gasteiger partial charge in [0.15, 0.2) is 0 Å². The highest BCUT2D eigenvalue weighted by Crippen LogP contribution is 2.40. The van der Waals surface area contributed by atoms with Crippen LogP contribution in [-0.2, 0) is 19.1 Å². The van der Waals surface area contributed by atoms with Crippen molar-refractivity contribution in [2.75, 3.05) is 0 Å². The van der Waals surface area contributed by atoms with Crippen LogP contribution in [0.4, 0.5) is 0 Å². The monoisotopic (exact) mass is 686 g/mol. The van der Waals surface area contributed by atoms with Gasteiger partial charge in [-0.25, -0.2) is 0 Å². The zero-order chi connectivity index (χ0) is 36.9. The summed E-state index contributed by atoms with van der Waals surface area (Å²) >= 11 is 0. The third-order valence-corrected chi connectivity index (χ3v) is 10.4. The molecule has 0 amide bonds. The molecule has 3 saturated heterocycles. The number of carbonyl (C=O) groups is 2. The maximum absolute atomic E-state index is 12.3. The molecule has 0 bridgehead atoms. The summed E-state index contributed by atoms with van der Waals surface area (Å²) in [7, 11) is 0. The molecular formula is C37H71N3O8. The zero-order valence-corrected chi connectivity index (χ0v) is 32.4. The lowest BCUT2D eigenvalue weighted by Crippen LogP contribution is -2.60. The first-order valence-electron chi connectivity index (χ1n) is 18.3. The summed E-state index contributed by atoms with van der Waals surface area (Å²) in [6, 6.07) is 0. The summed E-state index contributed by atoms with van der Waals surface area (Å²) in [6.07, 6.45) is 9.58. The number of hydroxylamine groups is 6. The fourth-order valence-corrected chi connectivity index (χ4v) is 8.48. The third kappa shape index (κ3) is 12.2. The molecule has 282 valence electrons. The number of esters is 2. The molecule has 0 atom stereocenters. The Balaban J connectivity index is 0.000000558. The predicted molar refractivity (Wildman–Crippen MR) is 186 cm³/mol. The maximum Gasteiger partial charge on any atom is 0.306 e. The van der Waals surface area contributed by atoms with Gasteiger partial charge in [0.2, 0.25) is 0 Å². The van der Waals surface area contributed by atoms with Crippen molar-refractivity contribution >= 4 is 11.9 Å². The molecule has 0 unspecified atom stereocenters. The lowest BCUT2D eigenvalue weighted by atomic mass is 9.80. The molecule has 48 heavy (non-hydrogen) atoms. The van der Waals surface area contributed by atoms with Crippen LogP contribution in [0.1, 0.15) is 173 Å². The molecule has 3 aliphatic rings. The van der Waals surface area contributed by atoms with Gasteiger partial charge in [0, 0.05) is 71.8 Å². The second-order valence-electron chi connectivity index (χ2n) is 18.5. The van der Waals surface area contributed by atoms with E-state index < -0.39 is 22.2 Å². The van der Waals surface area contributed by atoms with E-state index in [1.54, 1.807) is 0 Å². The Bertz CT molecular complexity index is 941. The second kappa shape index (κ2) is 16.3. The van der Waals surface area contributed by atoms with Crippen LogP contribution in [-0.4, -0.2) is 99.4 Å². The molecule has 0 aromatic heterocycles. The van der Waals surface area contributed by atoms with Gasteiger partial charge in [-0.2, -0.15) is 15.2 Å². The van der Waals surface area contributed by atoms with Gasteiger partial charge in [0.1, 0.15) is 12.2 Å². The van der Waals surface area contributed by atoms with Crippen molar-refractivity contribution in [2.45, 2.75) is 225 Å². The molecule has 3 aliphatic heterocycles. The molecule has 0 aromatic rings. The van der Waals surface area contributed by atoms with E-state index in [1.807, 2.05) is 83.1 Å². The van der Waals surface area contributed by atoms with E-state index in [0.717, 1.165) is 38.5 Å². The first-order chi connectivity index (χ1) is 21.7. The molecule has 3 fully saturated rings. The van der Waals surface area contributed by atoms with Crippen molar-refractivity contribution in [3.63, 3.8) is 0 Å². The molecule has 0 aliphatic carbocycles. The van der Waals surface area contributed by atoms with Crippen LogP contribution in [0.15, 0.2) is 0 Å². The highest BCUT2D eigenvalue weighted by atomic mass is 16.6. The van der Waals surface area contributed by atoms with Gasteiger partial charge in [0.05, 0.1) is 6.10 Å². The molecular weight excluding hydrogens is 614 g/mol. The molecule has 11 nitrogen and oxygen atoms in total. The fraction of sp³-hybridized carbons (Fsp3) is 0.946. The van der Waals surface area contributed by atoms with Gasteiger partial charge in [0.25, 0.3) is 0 Å². The molecule has 0 aromatic carbocycles. The van der Waals surface area contributed by atoms with Crippen molar-refractivity contribution < 1.29 is 39.8 Å². The van der Waals surface area contributed by atoms with Gasteiger partial charge in [-0.1, -0.05) is 25.7 Å². The Morgan fingerprint density at radius 1 is 0.479 bits per heavy atom. The summed E-state index contributed by atoms with van der Waals surface area (Å²) < 4.78 is 11.5. The summed E-state index contributed by atoms with van der Waals surface area (Å²) in [6.45, 7) is 23.5. The van der Waals surface area contributed by atoms with Crippen LogP contribution in [0.5, 0.6) is 0 Å². The molecule has 3 heterocycles. The predicted octanol–water partition coefficient (Wildman–Crippen LogP) is 7.40. The van der Waals surface area contributed by atoms with Crippen LogP contribution in [0, 0.1) is 0 Å². The summed E-state index contributed by atoms with van der Waals surface area (Å²) in [5.41, 5.74) is -2.35. The van der Waals surface area contributed by atoms with Gasteiger partial charge in [-0.05, 0) is 109 Å². The number of aliphatic hydroxyl groups is 1. The third-order valence-electron chi connectivity index (χ3n) is 10.4. The van der Waals surface area contributed by atoms with E-state index in [0.29, 0.717) is 51.4 Å². The van der Waals surface area contributed by atoms with Gasteiger partial charge < -0.3 is 30.2 Å². The Kier molecular flexibility index (Phi) is 14.6. The topological polar surface area (TPSA) is 143 Å². The number of hydrogen-bond donors (Lipinski definition) is 4. The average molecular weight is 686 g/mol. The maximum atomic E-state index is 12.3. The van der Waals surface area contributed by atoms with Crippen LogP contribution < -0.4 is 0 Å². The Morgan fingerprint density at radius 2 is 0.708 bits per heavy atom. The summed E-state index contributed by atoms with van der Waals surface area (Å²) in [5.74, 6) is -0.307. The number of piperidine rings is 3. The number of unbranched alkanes of at least 4 members (excludes halogenated alkanes) is 5. The minimum atomic E-state index is -0.427. The van der Waals surface area contributed by atoms with Gasteiger partial charge in [-0.3, -0.25) is 9.59 Å². The van der Waals surface area contributed by atoms with Gasteiger partial charge >= 0.3 is 11.9 Å². The molecule has 11 heteroatoms. The van der Waals surface area contributed by atoms with Crippen molar-refractivity contribution in [1.29, 1.82) is 0 Å². The van der Waals surface area contributed by atoms with Gasteiger partial charge in [-0.15, -0.1) is 0 Å². The van der Waals surface area contributed by atoms with Crippen molar-refractivity contribution in [2.24, 2.45) is 0 Å². The minimum Gasteiger partial charge on any atom is -0.462 e. The summed E-state index contributed by atoms with van der Waals surface area (Å²) in [4.78, 5) is 24.6. The van der Waals surface area contributed by atoms with Crippen molar-refractivity contribution in [1.82, 2.24) is 15.2 Å². The number of aliphatic hydroxyl groups excluding tert-OH is 1. The van der Waals surface area contributed by atoms with E-state index in [4.69, 9.17) is 9.47 Å². The highest BCUT2D eigenvalue weighted by molar-refractivity contribution is 5.69. The Hall–Kier alpha value is -1.34. The van der Waals surface area contributed by atoms with Crippen LogP contribution in [0.2, 0.25) is 0 Å². The van der Waals surface area contributed by atoms with E-state index in [1.165, 1.54) is 15.2 Å². The molecule has 0 radical (unpaired) electrons. The van der Waals surface area contributed by atoms with E-state index in [9.17, 15) is 30.3 Å². The largest absolute Gasteiger partial charge is 0.462 e. The van der Waals surface area contributed by atoms with E-state index in [-0.39, 0.29) is 41.3 Å². The van der Waals surface area contributed by atoms with E-state index in [2.05, 4.69) is 0 Å². The Morgan fingerprint density at radius 3 is 0.979 bits per heavy atom. The number of ether oxygens (including phenoxy) is 2. The smallest absolute Gasteiger partial charge is 0.306 e. The zero-order valence-electron chi connectivity index (χ0n) is 32.4.